The van der Waals surface area contributed by atoms with Crippen LogP contribution in [-0.4, -0.2) is 14.8 Å². The van der Waals surface area contributed by atoms with Crippen LogP contribution in [0.25, 0.3) is 11.4 Å². The van der Waals surface area contributed by atoms with Crippen molar-refractivity contribution in [3.8, 4) is 11.4 Å². The second-order valence-corrected chi connectivity index (χ2v) is 5.11. The number of benzene rings is 1. The molecule has 2 aromatic rings. The summed E-state index contributed by atoms with van der Waals surface area (Å²) < 4.78 is 3.20. The van der Waals surface area contributed by atoms with Crippen molar-refractivity contribution in [2.24, 2.45) is 5.73 Å². The van der Waals surface area contributed by atoms with Crippen LogP contribution in [0.2, 0.25) is 0 Å². The Bertz CT molecular complexity index is 548. The van der Waals surface area contributed by atoms with Gasteiger partial charge >= 0.3 is 0 Å². The van der Waals surface area contributed by atoms with Crippen LogP contribution in [0.3, 0.4) is 0 Å². The third-order valence-corrected chi connectivity index (χ3v) is 3.76. The number of hydrogen-bond acceptors (Lipinski definition) is 3. The second-order valence-electron chi connectivity index (χ2n) is 4.26. The Balaban J connectivity index is 2.49. The lowest BCUT2D eigenvalue weighted by molar-refractivity contribution is 0.644. The van der Waals surface area contributed by atoms with E-state index in [9.17, 15) is 0 Å². The molecule has 0 bridgehead atoms. The highest BCUT2D eigenvalue weighted by Crippen LogP contribution is 2.24. The lowest BCUT2D eigenvalue weighted by Crippen LogP contribution is -2.09. The van der Waals surface area contributed by atoms with E-state index >= 15 is 0 Å². The molecule has 1 aromatic carbocycles. The Labute approximate surface area is 115 Å². The number of hydrogen-bond donors (Lipinski definition) is 1. The molecule has 2 rings (SSSR count). The fourth-order valence-electron chi connectivity index (χ4n) is 1.94. The summed E-state index contributed by atoms with van der Waals surface area (Å²) >= 11 is 3.51. The lowest BCUT2D eigenvalue weighted by Gasteiger charge is -2.09. The van der Waals surface area contributed by atoms with E-state index in [1.165, 1.54) is 5.56 Å². The Kier molecular flexibility index (Phi) is 4.14. The van der Waals surface area contributed by atoms with Crippen LogP contribution >= 0.6 is 15.9 Å². The summed E-state index contributed by atoms with van der Waals surface area (Å²) in [4.78, 5) is 0. The zero-order valence-corrected chi connectivity index (χ0v) is 12.2. The summed E-state index contributed by atoms with van der Waals surface area (Å²) in [7, 11) is 0. The van der Waals surface area contributed by atoms with E-state index in [4.69, 9.17) is 5.73 Å². The highest BCUT2D eigenvalue weighted by atomic mass is 79.9. The van der Waals surface area contributed by atoms with E-state index in [0.717, 1.165) is 34.7 Å². The van der Waals surface area contributed by atoms with Crippen molar-refractivity contribution in [2.45, 2.75) is 33.4 Å². The molecule has 0 aliphatic rings. The molecule has 0 aliphatic heterocycles. The van der Waals surface area contributed by atoms with Gasteiger partial charge in [0.1, 0.15) is 5.82 Å². The maximum absolute atomic E-state index is 5.70. The fourth-order valence-corrected chi connectivity index (χ4v) is 2.19. The van der Waals surface area contributed by atoms with Gasteiger partial charge < -0.3 is 10.3 Å². The largest absolute Gasteiger partial charge is 0.324 e. The van der Waals surface area contributed by atoms with Gasteiger partial charge in [-0.25, -0.2) is 0 Å². The number of aryl methyl sites for hydroxylation is 1. The van der Waals surface area contributed by atoms with Gasteiger partial charge in [-0.05, 0) is 31.0 Å². The van der Waals surface area contributed by atoms with Crippen LogP contribution in [-0.2, 0) is 13.1 Å². The van der Waals surface area contributed by atoms with E-state index in [1.807, 2.05) is 12.1 Å². The molecule has 4 nitrogen and oxygen atoms in total. The number of nitrogens with two attached hydrogens (primary N) is 1. The predicted molar refractivity (Wildman–Crippen MR) is 76.1 cm³/mol. The van der Waals surface area contributed by atoms with E-state index in [0.29, 0.717) is 6.54 Å². The maximum atomic E-state index is 5.70. The van der Waals surface area contributed by atoms with Crippen molar-refractivity contribution in [2.75, 3.05) is 0 Å². The molecule has 2 N–H and O–H groups in total. The summed E-state index contributed by atoms with van der Waals surface area (Å²) in [5.74, 6) is 1.74. The smallest absolute Gasteiger partial charge is 0.164 e. The van der Waals surface area contributed by atoms with Crippen molar-refractivity contribution in [3.05, 3.63) is 34.1 Å². The van der Waals surface area contributed by atoms with Gasteiger partial charge in [-0.2, -0.15) is 0 Å². The first-order valence-corrected chi connectivity index (χ1v) is 6.85. The van der Waals surface area contributed by atoms with E-state index in [2.05, 4.69) is 50.6 Å². The average Bonchev–Trinajstić information content (AvgIpc) is 2.76. The van der Waals surface area contributed by atoms with Crippen LogP contribution in [0.1, 0.15) is 24.7 Å². The van der Waals surface area contributed by atoms with Crippen LogP contribution in [0.5, 0.6) is 0 Å². The van der Waals surface area contributed by atoms with Crippen LogP contribution in [0, 0.1) is 6.92 Å². The molecule has 0 aliphatic carbocycles. The van der Waals surface area contributed by atoms with Crippen LogP contribution in [0.4, 0.5) is 0 Å². The number of rotatable bonds is 4. The van der Waals surface area contributed by atoms with Gasteiger partial charge in [0.05, 0.1) is 6.54 Å². The standard InChI is InChI=1S/C13H17BrN4/c1-3-6-18-12(8-15)16-17-13(18)10-4-5-11(14)9(2)7-10/h4-5,7H,3,6,8,15H2,1-2H3. The molecule has 0 amide bonds. The predicted octanol–water partition coefficient (Wildman–Crippen LogP) is 2.88. The van der Waals surface area contributed by atoms with E-state index < -0.39 is 0 Å². The van der Waals surface area contributed by atoms with Gasteiger partial charge in [0.25, 0.3) is 0 Å². The summed E-state index contributed by atoms with van der Waals surface area (Å²) in [5.41, 5.74) is 7.96. The molecule has 0 saturated carbocycles. The minimum Gasteiger partial charge on any atom is -0.324 e. The van der Waals surface area contributed by atoms with Gasteiger partial charge in [0.15, 0.2) is 5.82 Å². The molecular formula is C13H17BrN4. The quantitative estimate of drug-likeness (QED) is 0.945. The Morgan fingerprint density at radius 2 is 2.11 bits per heavy atom. The molecule has 0 spiro atoms. The molecule has 96 valence electrons. The zero-order valence-electron chi connectivity index (χ0n) is 10.7. The van der Waals surface area contributed by atoms with Gasteiger partial charge in [-0.1, -0.05) is 28.9 Å². The molecule has 18 heavy (non-hydrogen) atoms. The summed E-state index contributed by atoms with van der Waals surface area (Å²) in [5, 5.41) is 8.42. The van der Waals surface area contributed by atoms with E-state index in [1.54, 1.807) is 0 Å². The molecular weight excluding hydrogens is 292 g/mol. The highest BCUT2D eigenvalue weighted by Gasteiger charge is 2.12. The second kappa shape index (κ2) is 5.63. The average molecular weight is 309 g/mol. The molecule has 5 heteroatoms. The molecule has 0 radical (unpaired) electrons. The molecule has 1 aromatic heterocycles. The molecule has 0 unspecified atom stereocenters. The van der Waals surface area contributed by atoms with Crippen molar-refractivity contribution in [3.63, 3.8) is 0 Å². The monoisotopic (exact) mass is 308 g/mol. The Morgan fingerprint density at radius 1 is 1.33 bits per heavy atom. The van der Waals surface area contributed by atoms with Crippen LogP contribution < -0.4 is 5.73 Å². The van der Waals surface area contributed by atoms with Gasteiger partial charge in [-0.3, -0.25) is 0 Å². The molecule has 0 saturated heterocycles. The topological polar surface area (TPSA) is 56.7 Å². The number of aromatic nitrogens is 3. The van der Waals surface area contributed by atoms with Crippen LogP contribution in [0.15, 0.2) is 22.7 Å². The van der Waals surface area contributed by atoms with Crippen molar-refractivity contribution >= 4 is 15.9 Å². The number of nitrogens with zero attached hydrogens (tertiary/aromatic N) is 3. The Hall–Kier alpha value is -1.20. The van der Waals surface area contributed by atoms with Crippen molar-refractivity contribution < 1.29 is 0 Å². The lowest BCUT2D eigenvalue weighted by atomic mass is 10.1. The summed E-state index contributed by atoms with van der Waals surface area (Å²) in [6.45, 7) is 5.52. The maximum Gasteiger partial charge on any atom is 0.164 e. The fraction of sp³-hybridized carbons (Fsp3) is 0.385. The van der Waals surface area contributed by atoms with Crippen molar-refractivity contribution in [1.29, 1.82) is 0 Å². The normalized spacial score (nSPS) is 10.9. The minimum atomic E-state index is 0.419. The summed E-state index contributed by atoms with van der Waals surface area (Å²) in [6, 6.07) is 6.20. The molecule has 0 fully saturated rings. The van der Waals surface area contributed by atoms with E-state index in [-0.39, 0.29) is 0 Å². The van der Waals surface area contributed by atoms with Gasteiger partial charge in [-0.15, -0.1) is 10.2 Å². The van der Waals surface area contributed by atoms with Crippen molar-refractivity contribution in [1.82, 2.24) is 14.8 Å². The minimum absolute atomic E-state index is 0.419. The first-order valence-electron chi connectivity index (χ1n) is 6.06. The Morgan fingerprint density at radius 3 is 2.72 bits per heavy atom. The third-order valence-electron chi connectivity index (χ3n) is 2.87. The third kappa shape index (κ3) is 2.47. The first kappa shape index (κ1) is 13.2. The highest BCUT2D eigenvalue weighted by molar-refractivity contribution is 9.10. The molecule has 0 atom stereocenters. The number of halogens is 1. The van der Waals surface area contributed by atoms with Gasteiger partial charge in [0, 0.05) is 16.6 Å². The SMILES string of the molecule is CCCn1c(CN)nnc1-c1ccc(Br)c(C)c1. The van der Waals surface area contributed by atoms with Gasteiger partial charge in [0.2, 0.25) is 0 Å². The molecule has 1 heterocycles. The summed E-state index contributed by atoms with van der Waals surface area (Å²) in [6.07, 6.45) is 1.04. The first-order chi connectivity index (χ1) is 8.67. The zero-order chi connectivity index (χ0) is 13.1.